The summed E-state index contributed by atoms with van der Waals surface area (Å²) in [5.74, 6) is -0.578. The summed E-state index contributed by atoms with van der Waals surface area (Å²) < 4.78 is 5.42. The molecule has 0 saturated carbocycles. The van der Waals surface area contributed by atoms with Crippen molar-refractivity contribution in [3.63, 3.8) is 0 Å². The molecular formula is C14H21N3O4. The number of ether oxygens (including phenoxy) is 1. The lowest BCUT2D eigenvalue weighted by molar-refractivity contribution is -0.386. The van der Waals surface area contributed by atoms with E-state index in [2.05, 4.69) is 5.32 Å². The Morgan fingerprint density at radius 2 is 2.14 bits per heavy atom. The number of nitrogens with zero attached hydrogens (tertiary/aromatic N) is 1. The molecule has 0 aliphatic heterocycles. The van der Waals surface area contributed by atoms with E-state index in [1.54, 1.807) is 19.1 Å². The van der Waals surface area contributed by atoms with Crippen LogP contribution in [0.1, 0.15) is 32.8 Å². The van der Waals surface area contributed by atoms with Gasteiger partial charge in [0, 0.05) is 18.7 Å². The van der Waals surface area contributed by atoms with Crippen molar-refractivity contribution >= 4 is 11.6 Å². The molecule has 0 radical (unpaired) electrons. The Bertz CT molecular complexity index is 517. The van der Waals surface area contributed by atoms with Gasteiger partial charge in [-0.05, 0) is 18.1 Å². The maximum Gasteiger partial charge on any atom is 0.310 e. The van der Waals surface area contributed by atoms with Crippen molar-refractivity contribution in [3.8, 4) is 5.75 Å². The molecule has 1 atom stereocenters. The monoisotopic (exact) mass is 295 g/mol. The third-order valence-electron chi connectivity index (χ3n) is 2.89. The van der Waals surface area contributed by atoms with E-state index in [4.69, 9.17) is 10.5 Å². The van der Waals surface area contributed by atoms with E-state index >= 15 is 0 Å². The second-order valence-electron chi connectivity index (χ2n) is 5.01. The van der Waals surface area contributed by atoms with Crippen molar-refractivity contribution < 1.29 is 14.5 Å². The number of nitrogens with one attached hydrogen (secondary N) is 1. The highest BCUT2D eigenvalue weighted by Crippen LogP contribution is 2.29. The van der Waals surface area contributed by atoms with Crippen LogP contribution in [0.5, 0.6) is 5.75 Å². The van der Waals surface area contributed by atoms with E-state index < -0.39 is 16.9 Å². The molecule has 0 saturated heterocycles. The van der Waals surface area contributed by atoms with Crippen LogP contribution < -0.4 is 15.8 Å². The summed E-state index contributed by atoms with van der Waals surface area (Å²) in [4.78, 5) is 21.7. The van der Waals surface area contributed by atoms with Crippen molar-refractivity contribution in [3.05, 3.63) is 33.9 Å². The summed E-state index contributed by atoms with van der Waals surface area (Å²) in [6.07, 6.45) is -0.530. The Hall–Kier alpha value is -2.15. The number of nitrogens with two attached hydrogens (primary N) is 1. The van der Waals surface area contributed by atoms with Gasteiger partial charge in [-0.25, -0.2) is 0 Å². The van der Waals surface area contributed by atoms with Gasteiger partial charge in [-0.1, -0.05) is 26.8 Å². The summed E-state index contributed by atoms with van der Waals surface area (Å²) in [6, 6.07) is 4.89. The zero-order valence-corrected chi connectivity index (χ0v) is 12.5. The van der Waals surface area contributed by atoms with Gasteiger partial charge in [-0.2, -0.15) is 0 Å². The second-order valence-corrected chi connectivity index (χ2v) is 5.01. The highest BCUT2D eigenvalue weighted by atomic mass is 16.6. The van der Waals surface area contributed by atoms with Gasteiger partial charge in [-0.15, -0.1) is 0 Å². The molecule has 1 aromatic rings. The Morgan fingerprint density at radius 1 is 1.48 bits per heavy atom. The molecule has 0 bridgehead atoms. The van der Waals surface area contributed by atoms with E-state index in [1.807, 2.05) is 13.8 Å². The molecule has 7 heteroatoms. The van der Waals surface area contributed by atoms with Gasteiger partial charge in [0.15, 0.2) is 11.9 Å². The van der Waals surface area contributed by atoms with Gasteiger partial charge < -0.3 is 15.8 Å². The zero-order chi connectivity index (χ0) is 16.0. The first-order chi connectivity index (χ1) is 9.85. The largest absolute Gasteiger partial charge is 0.473 e. The summed E-state index contributed by atoms with van der Waals surface area (Å²) in [5.41, 5.74) is 5.87. The highest BCUT2D eigenvalue weighted by Gasteiger charge is 2.22. The fourth-order valence-electron chi connectivity index (χ4n) is 1.73. The number of primary amides is 1. The molecule has 1 unspecified atom stereocenters. The molecule has 1 aromatic carbocycles. The van der Waals surface area contributed by atoms with E-state index in [0.717, 1.165) is 5.56 Å². The average Bonchev–Trinajstić information content (AvgIpc) is 2.41. The first-order valence-electron chi connectivity index (χ1n) is 6.81. The molecule has 0 fully saturated rings. The number of nitro benzene ring substituents is 1. The van der Waals surface area contributed by atoms with E-state index in [1.165, 1.54) is 6.07 Å². The molecule has 1 amide bonds. The smallest absolute Gasteiger partial charge is 0.310 e. The normalized spacial score (nSPS) is 12.2. The molecule has 3 N–H and O–H groups in total. The topological polar surface area (TPSA) is 107 Å². The fourth-order valence-corrected chi connectivity index (χ4v) is 1.73. The maximum atomic E-state index is 11.2. The maximum absolute atomic E-state index is 11.2. The van der Waals surface area contributed by atoms with Crippen LogP contribution in [-0.2, 0) is 11.3 Å². The number of carbonyl (C=O) groups is 1. The van der Waals surface area contributed by atoms with Crippen molar-refractivity contribution in [2.45, 2.75) is 45.9 Å². The van der Waals surface area contributed by atoms with Crippen LogP contribution in [0.4, 0.5) is 5.69 Å². The van der Waals surface area contributed by atoms with Gasteiger partial charge in [0.1, 0.15) is 0 Å². The molecule has 0 aromatic heterocycles. The summed E-state index contributed by atoms with van der Waals surface area (Å²) in [5, 5.41) is 14.2. The van der Waals surface area contributed by atoms with Crippen LogP contribution in [-0.4, -0.2) is 23.0 Å². The molecular weight excluding hydrogens is 274 g/mol. The molecule has 116 valence electrons. The standard InChI is InChI=1S/C14H21N3O4/c1-4-12(14(15)18)21-13-7-10(8-16-9(2)3)5-6-11(13)17(19)20/h5-7,9,12,16H,4,8H2,1-3H3,(H2,15,18). The fraction of sp³-hybridized carbons (Fsp3) is 0.500. The molecule has 1 rings (SSSR count). The van der Waals surface area contributed by atoms with Crippen molar-refractivity contribution in [1.29, 1.82) is 0 Å². The van der Waals surface area contributed by atoms with Crippen molar-refractivity contribution in [2.24, 2.45) is 5.73 Å². The average molecular weight is 295 g/mol. The van der Waals surface area contributed by atoms with Crippen LogP contribution in [0.25, 0.3) is 0 Å². The number of carbonyl (C=O) groups excluding carboxylic acids is 1. The summed E-state index contributed by atoms with van der Waals surface area (Å²) in [6.45, 7) is 6.29. The quantitative estimate of drug-likeness (QED) is 0.561. The highest BCUT2D eigenvalue weighted by molar-refractivity contribution is 5.79. The van der Waals surface area contributed by atoms with Crippen LogP contribution in [0, 0.1) is 10.1 Å². The Kier molecular flexibility index (Phi) is 6.10. The first kappa shape index (κ1) is 16.9. The van der Waals surface area contributed by atoms with E-state index in [0.29, 0.717) is 19.0 Å². The predicted molar refractivity (Wildman–Crippen MR) is 79.0 cm³/mol. The molecule has 0 spiro atoms. The minimum Gasteiger partial charge on any atom is -0.473 e. The third-order valence-corrected chi connectivity index (χ3v) is 2.89. The lowest BCUT2D eigenvalue weighted by Gasteiger charge is -2.15. The summed E-state index contributed by atoms with van der Waals surface area (Å²) >= 11 is 0. The Balaban J connectivity index is 3.03. The number of rotatable bonds is 8. The van der Waals surface area contributed by atoms with Gasteiger partial charge >= 0.3 is 5.69 Å². The summed E-state index contributed by atoms with van der Waals surface area (Å²) in [7, 11) is 0. The van der Waals surface area contributed by atoms with Crippen molar-refractivity contribution in [2.75, 3.05) is 0 Å². The molecule has 21 heavy (non-hydrogen) atoms. The predicted octanol–water partition coefficient (Wildman–Crippen LogP) is 1.74. The molecule has 0 heterocycles. The van der Waals surface area contributed by atoms with Crippen LogP contribution in [0.2, 0.25) is 0 Å². The van der Waals surface area contributed by atoms with E-state index in [9.17, 15) is 14.9 Å². The Labute approximate surface area is 123 Å². The molecule has 7 nitrogen and oxygen atoms in total. The number of hydrogen-bond acceptors (Lipinski definition) is 5. The van der Waals surface area contributed by atoms with Crippen LogP contribution in [0.3, 0.4) is 0 Å². The van der Waals surface area contributed by atoms with Gasteiger partial charge in [0.25, 0.3) is 5.91 Å². The van der Waals surface area contributed by atoms with Crippen molar-refractivity contribution in [1.82, 2.24) is 5.32 Å². The molecule has 0 aliphatic carbocycles. The van der Waals surface area contributed by atoms with Gasteiger partial charge in [-0.3, -0.25) is 14.9 Å². The number of amides is 1. The second kappa shape index (κ2) is 7.58. The van der Waals surface area contributed by atoms with Gasteiger partial charge in [0.05, 0.1) is 4.92 Å². The van der Waals surface area contributed by atoms with Gasteiger partial charge in [0.2, 0.25) is 0 Å². The third kappa shape index (κ3) is 5.03. The Morgan fingerprint density at radius 3 is 2.62 bits per heavy atom. The van der Waals surface area contributed by atoms with Crippen LogP contribution >= 0.6 is 0 Å². The lowest BCUT2D eigenvalue weighted by Crippen LogP contribution is -2.33. The minimum atomic E-state index is -0.878. The van der Waals surface area contributed by atoms with E-state index in [-0.39, 0.29) is 11.4 Å². The minimum absolute atomic E-state index is 0.0636. The SMILES string of the molecule is CCC(Oc1cc(CNC(C)C)ccc1[N+](=O)[O-])C(N)=O. The zero-order valence-electron chi connectivity index (χ0n) is 12.5. The first-order valence-corrected chi connectivity index (χ1v) is 6.81. The number of hydrogen-bond donors (Lipinski definition) is 2. The van der Waals surface area contributed by atoms with Crippen LogP contribution in [0.15, 0.2) is 18.2 Å². The molecule has 0 aliphatic rings. The number of nitro groups is 1. The lowest BCUT2D eigenvalue weighted by atomic mass is 10.1. The number of benzene rings is 1.